The molecule has 1 N–H and O–H groups in total. The van der Waals surface area contributed by atoms with Crippen LogP contribution in [0.1, 0.15) is 0 Å². The number of halogens is 1. The van der Waals surface area contributed by atoms with Crippen molar-refractivity contribution < 1.29 is 5.11 Å². The molecule has 0 aliphatic heterocycles. The SMILES string of the molecule is Cn1c(=O)c2c(nc3n(CCO)c(-c4ccc(Cl)cc4)cn23)n(C)c1=O. The van der Waals surface area contributed by atoms with Crippen LogP contribution < -0.4 is 11.2 Å². The van der Waals surface area contributed by atoms with Gasteiger partial charge in [0.15, 0.2) is 11.2 Å². The second-order valence-corrected chi connectivity index (χ2v) is 6.49. The molecule has 0 saturated carbocycles. The van der Waals surface area contributed by atoms with Gasteiger partial charge >= 0.3 is 5.69 Å². The van der Waals surface area contributed by atoms with Crippen molar-refractivity contribution in [2.75, 3.05) is 6.61 Å². The van der Waals surface area contributed by atoms with Gasteiger partial charge in [-0.3, -0.25) is 18.3 Å². The molecule has 0 bridgehead atoms. The van der Waals surface area contributed by atoms with Crippen molar-refractivity contribution in [1.29, 1.82) is 0 Å². The molecule has 4 rings (SSSR count). The molecule has 0 aliphatic rings. The van der Waals surface area contributed by atoms with Gasteiger partial charge in [0.1, 0.15) is 0 Å². The van der Waals surface area contributed by atoms with Gasteiger partial charge in [0.2, 0.25) is 5.78 Å². The Bertz CT molecular complexity index is 1260. The van der Waals surface area contributed by atoms with Gasteiger partial charge in [-0.2, -0.15) is 4.98 Å². The highest BCUT2D eigenvalue weighted by Gasteiger charge is 2.20. The van der Waals surface area contributed by atoms with Crippen LogP contribution in [-0.2, 0) is 20.6 Å². The first kappa shape index (κ1) is 16.6. The summed E-state index contributed by atoms with van der Waals surface area (Å²) in [6.07, 6.45) is 1.79. The number of nitrogens with zero attached hydrogens (tertiary/aromatic N) is 5. The molecule has 0 amide bonds. The van der Waals surface area contributed by atoms with Crippen LogP contribution in [0.25, 0.3) is 28.2 Å². The van der Waals surface area contributed by atoms with E-state index in [1.165, 1.54) is 11.6 Å². The minimum absolute atomic E-state index is 0.0922. The Labute approximate surface area is 152 Å². The number of benzene rings is 1. The zero-order chi connectivity index (χ0) is 18.6. The molecule has 0 unspecified atom stereocenters. The molecule has 3 heterocycles. The number of aliphatic hydroxyl groups excluding tert-OH is 1. The summed E-state index contributed by atoms with van der Waals surface area (Å²) >= 11 is 5.97. The smallest absolute Gasteiger partial charge is 0.332 e. The van der Waals surface area contributed by atoms with Crippen LogP contribution in [0.15, 0.2) is 40.1 Å². The van der Waals surface area contributed by atoms with Crippen LogP contribution in [0.4, 0.5) is 0 Å². The van der Waals surface area contributed by atoms with Crippen molar-refractivity contribution in [2.24, 2.45) is 14.1 Å². The molecule has 0 aliphatic carbocycles. The zero-order valence-corrected chi connectivity index (χ0v) is 14.9. The van der Waals surface area contributed by atoms with E-state index in [2.05, 4.69) is 4.98 Å². The summed E-state index contributed by atoms with van der Waals surface area (Å²) in [5.74, 6) is 0.484. The van der Waals surface area contributed by atoms with E-state index in [1.807, 2.05) is 16.7 Å². The predicted molar refractivity (Wildman–Crippen MR) is 98.7 cm³/mol. The van der Waals surface area contributed by atoms with Gasteiger partial charge in [-0.05, 0) is 17.7 Å². The van der Waals surface area contributed by atoms with E-state index in [0.717, 1.165) is 15.8 Å². The third-order valence-corrected chi connectivity index (χ3v) is 4.77. The number of hydrogen-bond donors (Lipinski definition) is 1. The lowest BCUT2D eigenvalue weighted by Crippen LogP contribution is -2.37. The summed E-state index contributed by atoms with van der Waals surface area (Å²) in [7, 11) is 3.02. The van der Waals surface area contributed by atoms with E-state index >= 15 is 0 Å². The Balaban J connectivity index is 2.13. The van der Waals surface area contributed by atoms with Crippen molar-refractivity contribution in [3.05, 3.63) is 56.3 Å². The lowest BCUT2D eigenvalue weighted by atomic mass is 10.2. The van der Waals surface area contributed by atoms with Gasteiger partial charge in [0.05, 0.1) is 12.3 Å². The molecule has 9 heteroatoms. The Hall–Kier alpha value is -2.84. The molecule has 0 spiro atoms. The molecular formula is C17H16ClN5O3. The minimum Gasteiger partial charge on any atom is -0.395 e. The molecule has 134 valence electrons. The van der Waals surface area contributed by atoms with Gasteiger partial charge in [-0.15, -0.1) is 0 Å². The highest BCUT2D eigenvalue weighted by atomic mass is 35.5. The number of rotatable bonds is 3. The minimum atomic E-state index is -0.435. The fraction of sp³-hybridized carbons (Fsp3) is 0.235. The number of hydrogen-bond acceptors (Lipinski definition) is 4. The lowest BCUT2D eigenvalue weighted by molar-refractivity contribution is 0.278. The highest BCUT2D eigenvalue weighted by Crippen LogP contribution is 2.26. The molecule has 0 saturated heterocycles. The maximum atomic E-state index is 12.6. The van der Waals surface area contributed by atoms with E-state index in [1.54, 1.807) is 29.8 Å². The Morgan fingerprint density at radius 2 is 1.81 bits per heavy atom. The topological polar surface area (TPSA) is 86.5 Å². The summed E-state index contributed by atoms with van der Waals surface area (Å²) in [5, 5.41) is 10.1. The normalized spacial score (nSPS) is 11.7. The molecule has 1 aromatic carbocycles. The average Bonchev–Trinajstić information content (AvgIpc) is 3.16. The maximum Gasteiger partial charge on any atom is 0.332 e. The highest BCUT2D eigenvalue weighted by molar-refractivity contribution is 6.30. The van der Waals surface area contributed by atoms with Gasteiger partial charge in [0.25, 0.3) is 5.56 Å². The van der Waals surface area contributed by atoms with Crippen molar-refractivity contribution >= 4 is 28.5 Å². The van der Waals surface area contributed by atoms with Crippen LogP contribution in [0, 0.1) is 0 Å². The summed E-state index contributed by atoms with van der Waals surface area (Å²) in [4.78, 5) is 29.3. The van der Waals surface area contributed by atoms with Crippen molar-refractivity contribution in [2.45, 2.75) is 6.54 Å². The van der Waals surface area contributed by atoms with E-state index in [-0.39, 0.29) is 6.61 Å². The van der Waals surface area contributed by atoms with E-state index in [0.29, 0.717) is 28.5 Å². The summed E-state index contributed by atoms with van der Waals surface area (Å²) in [6, 6.07) is 7.27. The van der Waals surface area contributed by atoms with E-state index in [9.17, 15) is 14.7 Å². The first-order valence-electron chi connectivity index (χ1n) is 7.98. The molecule has 26 heavy (non-hydrogen) atoms. The molecular weight excluding hydrogens is 358 g/mol. The maximum absolute atomic E-state index is 12.6. The zero-order valence-electron chi connectivity index (χ0n) is 14.2. The van der Waals surface area contributed by atoms with Crippen LogP contribution in [0.2, 0.25) is 5.02 Å². The standard InChI is InChI=1S/C17H16ClN5O3/c1-20-14-13(15(25)21(2)17(20)26)23-9-12(10-3-5-11(18)6-4-10)22(7-8-24)16(23)19-14/h3-6,9,24H,7-8H2,1-2H3. The Morgan fingerprint density at radius 1 is 1.12 bits per heavy atom. The lowest BCUT2D eigenvalue weighted by Gasteiger charge is -2.07. The van der Waals surface area contributed by atoms with E-state index in [4.69, 9.17) is 11.6 Å². The monoisotopic (exact) mass is 373 g/mol. The number of aliphatic hydroxyl groups is 1. The summed E-state index contributed by atoms with van der Waals surface area (Å²) < 4.78 is 5.88. The third-order valence-electron chi connectivity index (χ3n) is 4.52. The van der Waals surface area contributed by atoms with Crippen LogP contribution in [-0.4, -0.2) is 34.8 Å². The predicted octanol–water partition coefficient (Wildman–Crippen LogP) is 0.999. The Morgan fingerprint density at radius 3 is 2.46 bits per heavy atom. The summed E-state index contributed by atoms with van der Waals surface area (Å²) in [6.45, 7) is 0.205. The fourth-order valence-corrected chi connectivity index (χ4v) is 3.31. The Kier molecular flexibility index (Phi) is 3.74. The average molecular weight is 374 g/mol. The van der Waals surface area contributed by atoms with Gasteiger partial charge in [0, 0.05) is 31.9 Å². The number of fused-ring (bicyclic) bond motifs is 3. The van der Waals surface area contributed by atoms with Gasteiger partial charge in [-0.1, -0.05) is 23.7 Å². The third kappa shape index (κ3) is 2.23. The second kappa shape index (κ2) is 5.86. The van der Waals surface area contributed by atoms with Crippen LogP contribution in [0.3, 0.4) is 0 Å². The molecule has 8 nitrogen and oxygen atoms in total. The van der Waals surface area contributed by atoms with Crippen molar-refractivity contribution in [1.82, 2.24) is 23.1 Å². The molecule has 0 atom stereocenters. The summed E-state index contributed by atoms with van der Waals surface area (Å²) in [5.41, 5.74) is 1.44. The van der Waals surface area contributed by atoms with Crippen LogP contribution in [0.5, 0.6) is 0 Å². The fourth-order valence-electron chi connectivity index (χ4n) is 3.19. The quantitative estimate of drug-likeness (QED) is 0.580. The first-order chi connectivity index (χ1) is 12.4. The molecule has 4 aromatic rings. The number of aryl methyl sites for hydroxylation is 1. The number of aromatic nitrogens is 5. The molecule has 0 fully saturated rings. The molecule has 3 aromatic heterocycles. The number of imidazole rings is 2. The molecule has 0 radical (unpaired) electrons. The van der Waals surface area contributed by atoms with Gasteiger partial charge in [-0.25, -0.2) is 4.79 Å². The van der Waals surface area contributed by atoms with Gasteiger partial charge < -0.3 is 9.67 Å². The second-order valence-electron chi connectivity index (χ2n) is 6.06. The van der Waals surface area contributed by atoms with Crippen LogP contribution >= 0.6 is 11.6 Å². The van der Waals surface area contributed by atoms with Crippen molar-refractivity contribution in [3.63, 3.8) is 0 Å². The van der Waals surface area contributed by atoms with Crippen molar-refractivity contribution in [3.8, 4) is 11.3 Å². The van der Waals surface area contributed by atoms with E-state index < -0.39 is 11.2 Å². The largest absolute Gasteiger partial charge is 0.395 e. The first-order valence-corrected chi connectivity index (χ1v) is 8.36.